The highest BCUT2D eigenvalue weighted by Gasteiger charge is 2.34. The maximum atomic E-state index is 12.2. The number of rotatable bonds is 3. The Balaban J connectivity index is 1.46. The number of H-pyrrole nitrogens is 1. The number of hydrogen-bond acceptors (Lipinski definition) is 5. The summed E-state index contributed by atoms with van der Waals surface area (Å²) < 4.78 is 6.78. The fraction of sp³-hybridized carbons (Fsp3) is 0.333. The number of para-hydroxylation sites is 1. The number of pyridine rings is 1. The van der Waals surface area contributed by atoms with E-state index in [1.807, 2.05) is 46.0 Å². The topological polar surface area (TPSA) is 92.1 Å². The van der Waals surface area contributed by atoms with Crippen molar-refractivity contribution < 1.29 is 9.53 Å². The molecule has 1 saturated heterocycles. The lowest BCUT2D eigenvalue weighted by Gasteiger charge is -2.40. The van der Waals surface area contributed by atoms with Crippen molar-refractivity contribution in [1.29, 1.82) is 0 Å². The molecule has 29 heavy (non-hydrogen) atoms. The number of hydrogen-bond donors (Lipinski definition) is 1. The van der Waals surface area contributed by atoms with E-state index >= 15 is 0 Å². The van der Waals surface area contributed by atoms with Crippen molar-refractivity contribution in [2.75, 3.05) is 20.2 Å². The second-order valence-corrected chi connectivity index (χ2v) is 7.64. The maximum absolute atomic E-state index is 12.2. The monoisotopic (exact) mass is 391 g/mol. The van der Waals surface area contributed by atoms with E-state index in [0.29, 0.717) is 30.4 Å². The first-order valence-electron chi connectivity index (χ1n) is 9.69. The number of nitrogens with one attached hydrogen (secondary N) is 1. The first-order chi connectivity index (χ1) is 14.1. The van der Waals surface area contributed by atoms with Crippen molar-refractivity contribution in [1.82, 2.24) is 14.6 Å². The van der Waals surface area contributed by atoms with Gasteiger partial charge >= 0.3 is 5.97 Å². The van der Waals surface area contributed by atoms with Gasteiger partial charge in [-0.05, 0) is 24.5 Å². The standard InChI is InChI=1S/C21H21N5O3/c1-29-21(28)20-19(15-5-2-3-6-16(15)22-20)23-24-25-10-13-9-14(12-25)17-7-4-8-18(27)26(17)11-13/h2-8,13-14,22H,9-12H2,1H3/t13-,14-/m0/s1. The second-order valence-electron chi connectivity index (χ2n) is 7.64. The molecule has 0 saturated carbocycles. The summed E-state index contributed by atoms with van der Waals surface area (Å²) in [5, 5.41) is 11.7. The lowest BCUT2D eigenvalue weighted by Crippen LogP contribution is -2.45. The molecule has 0 amide bonds. The van der Waals surface area contributed by atoms with Gasteiger partial charge in [0, 0.05) is 48.2 Å². The average Bonchev–Trinajstić information content (AvgIpc) is 3.11. The molecule has 4 heterocycles. The zero-order valence-electron chi connectivity index (χ0n) is 16.0. The number of esters is 1. The Hall–Kier alpha value is -3.42. The maximum Gasteiger partial charge on any atom is 0.356 e. The van der Waals surface area contributed by atoms with Crippen LogP contribution in [0.3, 0.4) is 0 Å². The number of nitrogens with zero attached hydrogens (tertiary/aromatic N) is 4. The summed E-state index contributed by atoms with van der Waals surface area (Å²) in [5.74, 6) is 0.126. The van der Waals surface area contributed by atoms with E-state index in [0.717, 1.165) is 29.6 Å². The number of benzene rings is 1. The number of aromatic amines is 1. The number of fused-ring (bicyclic) bond motifs is 5. The molecule has 0 aliphatic carbocycles. The first-order valence-corrected chi connectivity index (χ1v) is 9.69. The molecule has 5 rings (SSSR count). The summed E-state index contributed by atoms with van der Waals surface area (Å²) in [7, 11) is 1.35. The molecule has 3 aromatic rings. The largest absolute Gasteiger partial charge is 0.464 e. The zero-order chi connectivity index (χ0) is 20.0. The van der Waals surface area contributed by atoms with E-state index in [-0.39, 0.29) is 11.5 Å². The number of carbonyl (C=O) groups is 1. The minimum Gasteiger partial charge on any atom is -0.464 e. The summed E-state index contributed by atoms with van der Waals surface area (Å²) in [6, 6.07) is 13.1. The molecule has 2 aliphatic rings. The van der Waals surface area contributed by atoms with E-state index in [4.69, 9.17) is 4.74 Å². The van der Waals surface area contributed by atoms with Crippen LogP contribution in [0.1, 0.15) is 28.5 Å². The van der Waals surface area contributed by atoms with E-state index in [1.54, 1.807) is 6.07 Å². The van der Waals surface area contributed by atoms with Gasteiger partial charge in [-0.15, -0.1) is 5.11 Å². The van der Waals surface area contributed by atoms with Gasteiger partial charge in [0.1, 0.15) is 5.69 Å². The summed E-state index contributed by atoms with van der Waals surface area (Å²) in [6.45, 7) is 2.13. The van der Waals surface area contributed by atoms with Gasteiger partial charge in [-0.2, -0.15) is 0 Å². The molecule has 0 spiro atoms. The Labute approximate surface area is 166 Å². The molecule has 1 fully saturated rings. The van der Waals surface area contributed by atoms with E-state index < -0.39 is 5.97 Å². The van der Waals surface area contributed by atoms with Gasteiger partial charge in [0.15, 0.2) is 5.69 Å². The molecule has 1 N–H and O–H groups in total. The molecular formula is C21H21N5O3. The number of aromatic nitrogens is 2. The molecule has 2 atom stereocenters. The van der Waals surface area contributed by atoms with Crippen LogP contribution in [0.4, 0.5) is 5.69 Å². The summed E-state index contributed by atoms with van der Waals surface area (Å²) in [6.07, 6.45) is 1.05. The summed E-state index contributed by atoms with van der Waals surface area (Å²) in [4.78, 5) is 27.4. The van der Waals surface area contributed by atoms with Crippen molar-refractivity contribution in [3.8, 4) is 0 Å². The third kappa shape index (κ3) is 3.00. The number of methoxy groups -OCH3 is 1. The zero-order valence-corrected chi connectivity index (χ0v) is 16.0. The third-order valence-corrected chi connectivity index (χ3v) is 5.80. The van der Waals surface area contributed by atoms with Crippen molar-refractivity contribution in [3.05, 3.63) is 64.2 Å². The van der Waals surface area contributed by atoms with E-state index in [2.05, 4.69) is 15.3 Å². The SMILES string of the molecule is COC(=O)c1[nH]c2ccccc2c1N=NN1C[C@@H]2C[C@@H](C1)c1cccc(=O)n1C2. The first kappa shape index (κ1) is 17.7. The van der Waals surface area contributed by atoms with Crippen LogP contribution in [-0.4, -0.2) is 40.7 Å². The van der Waals surface area contributed by atoms with Gasteiger partial charge < -0.3 is 14.3 Å². The van der Waals surface area contributed by atoms with Gasteiger partial charge in [-0.3, -0.25) is 9.80 Å². The minimum atomic E-state index is -0.473. The summed E-state index contributed by atoms with van der Waals surface area (Å²) in [5.41, 5.74) is 2.72. The fourth-order valence-corrected chi connectivity index (χ4v) is 4.53. The summed E-state index contributed by atoms with van der Waals surface area (Å²) >= 11 is 0. The van der Waals surface area contributed by atoms with Crippen molar-refractivity contribution >= 4 is 22.6 Å². The predicted octanol–water partition coefficient (Wildman–Crippen LogP) is 3.23. The molecule has 148 valence electrons. The van der Waals surface area contributed by atoms with E-state index in [9.17, 15) is 9.59 Å². The van der Waals surface area contributed by atoms with Crippen LogP contribution < -0.4 is 5.56 Å². The Morgan fingerprint density at radius 2 is 2.00 bits per heavy atom. The van der Waals surface area contributed by atoms with Crippen LogP contribution in [0.25, 0.3) is 10.9 Å². The van der Waals surface area contributed by atoms with Crippen molar-refractivity contribution in [2.24, 2.45) is 16.3 Å². The smallest absolute Gasteiger partial charge is 0.356 e. The van der Waals surface area contributed by atoms with Gasteiger partial charge in [-0.1, -0.05) is 29.5 Å². The number of carbonyl (C=O) groups excluding carboxylic acids is 1. The van der Waals surface area contributed by atoms with Crippen molar-refractivity contribution in [2.45, 2.75) is 18.9 Å². The van der Waals surface area contributed by atoms with E-state index in [1.165, 1.54) is 7.11 Å². The average molecular weight is 391 g/mol. The van der Waals surface area contributed by atoms with Crippen LogP contribution in [0.5, 0.6) is 0 Å². The van der Waals surface area contributed by atoms with Crippen LogP contribution >= 0.6 is 0 Å². The van der Waals surface area contributed by atoms with Gasteiger partial charge in [0.2, 0.25) is 0 Å². The number of ether oxygens (including phenoxy) is 1. The third-order valence-electron chi connectivity index (χ3n) is 5.80. The van der Waals surface area contributed by atoms with Gasteiger partial charge in [-0.25, -0.2) is 4.79 Å². The highest BCUT2D eigenvalue weighted by Crippen LogP contribution is 2.36. The van der Waals surface area contributed by atoms with Crippen molar-refractivity contribution in [3.63, 3.8) is 0 Å². The molecule has 8 nitrogen and oxygen atoms in total. The lowest BCUT2D eigenvalue weighted by molar-refractivity contribution is 0.0595. The lowest BCUT2D eigenvalue weighted by atomic mass is 9.84. The van der Waals surface area contributed by atoms with Crippen LogP contribution in [0.15, 0.2) is 57.6 Å². The van der Waals surface area contributed by atoms with Gasteiger partial charge in [0.25, 0.3) is 5.56 Å². The molecule has 2 bridgehead atoms. The molecule has 0 unspecified atom stereocenters. The molecular weight excluding hydrogens is 370 g/mol. The minimum absolute atomic E-state index is 0.0637. The molecule has 8 heteroatoms. The van der Waals surface area contributed by atoms with Crippen LogP contribution in [0, 0.1) is 5.92 Å². The Morgan fingerprint density at radius 1 is 1.14 bits per heavy atom. The number of piperidine rings is 1. The Kier molecular flexibility index (Phi) is 4.19. The van der Waals surface area contributed by atoms with Crippen LogP contribution in [0.2, 0.25) is 0 Å². The second kappa shape index (κ2) is 6.88. The Morgan fingerprint density at radius 3 is 2.86 bits per heavy atom. The Bertz CT molecular complexity index is 1180. The highest BCUT2D eigenvalue weighted by atomic mass is 16.5. The molecule has 2 aliphatic heterocycles. The molecule has 1 aromatic carbocycles. The molecule has 0 radical (unpaired) electrons. The predicted molar refractivity (Wildman–Crippen MR) is 107 cm³/mol. The van der Waals surface area contributed by atoms with Crippen LogP contribution in [-0.2, 0) is 11.3 Å². The fourth-order valence-electron chi connectivity index (χ4n) is 4.53. The quantitative estimate of drug-likeness (QED) is 0.548. The highest BCUT2D eigenvalue weighted by molar-refractivity contribution is 6.04. The molecule has 2 aromatic heterocycles. The normalized spacial score (nSPS) is 20.8. The van der Waals surface area contributed by atoms with Gasteiger partial charge in [0.05, 0.1) is 7.11 Å².